The van der Waals surface area contributed by atoms with Crippen molar-refractivity contribution in [1.29, 1.82) is 0 Å². The second-order valence-corrected chi connectivity index (χ2v) is 4.18. The number of aryl methyl sites for hydroxylation is 4. The number of benzene rings is 2. The molecule has 0 aliphatic carbocycles. The van der Waals surface area contributed by atoms with Crippen LogP contribution in [0.4, 0.5) is 0 Å². The maximum Gasteiger partial charge on any atom is -0.0147 e. The Balaban J connectivity index is 2.95. The lowest BCUT2D eigenvalue weighted by Gasteiger charge is -2.09. The molecule has 2 aromatic rings. The molecule has 0 fully saturated rings. The van der Waals surface area contributed by atoms with Crippen molar-refractivity contribution in [2.75, 3.05) is 0 Å². The Kier molecular flexibility index (Phi) is 2.07. The van der Waals surface area contributed by atoms with E-state index in [0.29, 0.717) is 0 Å². The molecule has 0 aliphatic heterocycles. The lowest BCUT2D eigenvalue weighted by Crippen LogP contribution is -1.87. The highest BCUT2D eigenvalue weighted by Crippen LogP contribution is 2.25. The van der Waals surface area contributed by atoms with Gasteiger partial charge in [0.2, 0.25) is 0 Å². The highest BCUT2D eigenvalue weighted by atomic mass is 14.1. The summed E-state index contributed by atoms with van der Waals surface area (Å²) in [5, 5.41) is 2.79. The van der Waals surface area contributed by atoms with Gasteiger partial charge in [-0.3, -0.25) is 0 Å². The Morgan fingerprint density at radius 2 is 1.43 bits per heavy atom. The van der Waals surface area contributed by atoms with Crippen LogP contribution >= 0.6 is 0 Å². The summed E-state index contributed by atoms with van der Waals surface area (Å²) >= 11 is 0. The topological polar surface area (TPSA) is 0 Å². The van der Waals surface area contributed by atoms with E-state index < -0.39 is 0 Å². The van der Waals surface area contributed by atoms with Crippen LogP contribution in [0.1, 0.15) is 22.3 Å². The molecule has 0 amide bonds. The first-order valence-electron chi connectivity index (χ1n) is 5.07. The molecule has 0 aromatic heterocycles. The van der Waals surface area contributed by atoms with Crippen LogP contribution in [0, 0.1) is 27.7 Å². The molecule has 0 bridgehead atoms. The third-order valence-electron chi connectivity index (χ3n) is 3.03. The molecule has 0 N–H and O–H groups in total. The molecular formula is C14H16. The molecule has 2 aromatic carbocycles. The maximum atomic E-state index is 2.28. The first-order chi connectivity index (χ1) is 6.59. The zero-order valence-electron chi connectivity index (χ0n) is 9.31. The molecule has 0 saturated carbocycles. The minimum absolute atomic E-state index is 1.35. The van der Waals surface area contributed by atoms with E-state index in [-0.39, 0.29) is 0 Å². The maximum absolute atomic E-state index is 2.28. The summed E-state index contributed by atoms with van der Waals surface area (Å²) in [6.45, 7) is 8.72. The Morgan fingerprint density at radius 1 is 0.714 bits per heavy atom. The number of hydrogen-bond donors (Lipinski definition) is 0. The van der Waals surface area contributed by atoms with Crippen molar-refractivity contribution in [2.24, 2.45) is 0 Å². The monoisotopic (exact) mass is 184 g/mol. The van der Waals surface area contributed by atoms with Gasteiger partial charge in [0.05, 0.1) is 0 Å². The highest BCUT2D eigenvalue weighted by molar-refractivity contribution is 5.89. The molecule has 0 heterocycles. The fraction of sp³-hybridized carbons (Fsp3) is 0.286. The van der Waals surface area contributed by atoms with Gasteiger partial charge in [0.25, 0.3) is 0 Å². The highest BCUT2D eigenvalue weighted by Gasteiger charge is 2.02. The van der Waals surface area contributed by atoms with Crippen LogP contribution in [0.5, 0.6) is 0 Å². The van der Waals surface area contributed by atoms with Crippen LogP contribution in [0.3, 0.4) is 0 Å². The minimum atomic E-state index is 1.35. The summed E-state index contributed by atoms with van der Waals surface area (Å²) in [5.41, 5.74) is 5.52. The van der Waals surface area contributed by atoms with Gasteiger partial charge in [-0.2, -0.15) is 0 Å². The van der Waals surface area contributed by atoms with E-state index in [1.165, 1.54) is 33.0 Å². The van der Waals surface area contributed by atoms with Crippen LogP contribution in [-0.4, -0.2) is 0 Å². The molecule has 0 heteroatoms. The Bertz CT molecular complexity index is 493. The van der Waals surface area contributed by atoms with Gasteiger partial charge >= 0.3 is 0 Å². The molecule has 72 valence electrons. The fourth-order valence-electron chi connectivity index (χ4n) is 2.06. The van der Waals surface area contributed by atoms with Crippen LogP contribution in [0.2, 0.25) is 0 Å². The van der Waals surface area contributed by atoms with E-state index in [1.54, 1.807) is 0 Å². The zero-order valence-corrected chi connectivity index (χ0v) is 9.31. The van der Waals surface area contributed by atoms with Crippen LogP contribution in [0.25, 0.3) is 10.8 Å². The molecule has 0 spiro atoms. The van der Waals surface area contributed by atoms with Crippen molar-refractivity contribution >= 4 is 10.8 Å². The molecule has 0 radical (unpaired) electrons. The van der Waals surface area contributed by atoms with Gasteiger partial charge in [-0.15, -0.1) is 0 Å². The van der Waals surface area contributed by atoms with Crippen LogP contribution < -0.4 is 0 Å². The van der Waals surface area contributed by atoms with E-state index in [1.807, 2.05) is 0 Å². The van der Waals surface area contributed by atoms with Gasteiger partial charge in [0.15, 0.2) is 0 Å². The normalized spacial score (nSPS) is 10.9. The second-order valence-electron chi connectivity index (χ2n) is 4.18. The van der Waals surface area contributed by atoms with Gasteiger partial charge in [0, 0.05) is 0 Å². The van der Waals surface area contributed by atoms with Crippen molar-refractivity contribution in [3.63, 3.8) is 0 Å². The zero-order chi connectivity index (χ0) is 10.3. The lowest BCUT2D eigenvalue weighted by atomic mass is 9.96. The third-order valence-corrected chi connectivity index (χ3v) is 3.03. The van der Waals surface area contributed by atoms with Gasteiger partial charge in [-0.05, 0) is 55.2 Å². The van der Waals surface area contributed by atoms with E-state index in [9.17, 15) is 0 Å². The molecule has 0 aliphatic rings. The van der Waals surface area contributed by atoms with E-state index >= 15 is 0 Å². The molecular weight excluding hydrogens is 168 g/mol. The van der Waals surface area contributed by atoms with Crippen molar-refractivity contribution in [3.05, 3.63) is 46.5 Å². The first kappa shape index (κ1) is 9.26. The number of rotatable bonds is 0. The van der Waals surface area contributed by atoms with Crippen molar-refractivity contribution in [3.8, 4) is 0 Å². The molecule has 0 atom stereocenters. The average Bonchev–Trinajstić information content (AvgIpc) is 2.12. The van der Waals surface area contributed by atoms with Gasteiger partial charge in [0.1, 0.15) is 0 Å². The van der Waals surface area contributed by atoms with Crippen molar-refractivity contribution in [1.82, 2.24) is 0 Å². The summed E-state index contributed by atoms with van der Waals surface area (Å²) in [5.74, 6) is 0. The standard InChI is InChI=1S/C14H16/c1-9-7-11(3)13-6-5-10(2)12(4)14(13)8-9/h5-8H,1-4H3. The molecule has 0 nitrogen and oxygen atoms in total. The van der Waals surface area contributed by atoms with E-state index in [4.69, 9.17) is 0 Å². The number of hydrogen-bond acceptors (Lipinski definition) is 0. The molecule has 0 unspecified atom stereocenters. The summed E-state index contributed by atoms with van der Waals surface area (Å²) in [6.07, 6.45) is 0. The molecule has 14 heavy (non-hydrogen) atoms. The third kappa shape index (κ3) is 1.31. The van der Waals surface area contributed by atoms with Crippen LogP contribution in [0.15, 0.2) is 24.3 Å². The summed E-state index contributed by atoms with van der Waals surface area (Å²) in [4.78, 5) is 0. The molecule has 2 rings (SSSR count). The smallest absolute Gasteiger partial charge is 0.0147 e. The number of fused-ring (bicyclic) bond motifs is 1. The quantitative estimate of drug-likeness (QED) is 0.579. The van der Waals surface area contributed by atoms with Crippen molar-refractivity contribution < 1.29 is 0 Å². The predicted molar refractivity (Wildman–Crippen MR) is 62.9 cm³/mol. The van der Waals surface area contributed by atoms with Crippen LogP contribution in [-0.2, 0) is 0 Å². The molecule has 0 saturated heterocycles. The summed E-state index contributed by atoms with van der Waals surface area (Å²) < 4.78 is 0. The fourth-order valence-corrected chi connectivity index (χ4v) is 2.06. The summed E-state index contributed by atoms with van der Waals surface area (Å²) in [7, 11) is 0. The predicted octanol–water partition coefficient (Wildman–Crippen LogP) is 4.07. The average molecular weight is 184 g/mol. The van der Waals surface area contributed by atoms with Gasteiger partial charge in [-0.1, -0.05) is 29.8 Å². The van der Waals surface area contributed by atoms with E-state index in [2.05, 4.69) is 52.0 Å². The Labute approximate surface area is 85.6 Å². The van der Waals surface area contributed by atoms with Gasteiger partial charge in [-0.25, -0.2) is 0 Å². The van der Waals surface area contributed by atoms with Crippen molar-refractivity contribution in [2.45, 2.75) is 27.7 Å². The second kappa shape index (κ2) is 3.13. The SMILES string of the molecule is Cc1cc(C)c2ccc(C)c(C)c2c1. The largest absolute Gasteiger partial charge is 0.0584 e. The van der Waals surface area contributed by atoms with Gasteiger partial charge < -0.3 is 0 Å². The first-order valence-corrected chi connectivity index (χ1v) is 5.07. The Hall–Kier alpha value is -1.30. The van der Waals surface area contributed by atoms with E-state index in [0.717, 1.165) is 0 Å². The Morgan fingerprint density at radius 3 is 2.14 bits per heavy atom. The summed E-state index contributed by atoms with van der Waals surface area (Å²) in [6, 6.07) is 8.97. The minimum Gasteiger partial charge on any atom is -0.0584 e. The lowest BCUT2D eigenvalue weighted by molar-refractivity contribution is 1.35.